The second-order valence-corrected chi connectivity index (χ2v) is 7.19. The number of esters is 1. The summed E-state index contributed by atoms with van der Waals surface area (Å²) in [5.41, 5.74) is -6.84. The third-order valence-electron chi connectivity index (χ3n) is 4.97. The molecule has 0 saturated carbocycles. The van der Waals surface area contributed by atoms with Crippen molar-refractivity contribution < 1.29 is 63.3 Å². The number of carbonyl (C=O) groups excluding carboxylic acids is 1. The summed E-state index contributed by atoms with van der Waals surface area (Å²) in [6.45, 7) is 3.62. The predicted molar refractivity (Wildman–Crippen MR) is 75.0 cm³/mol. The molecule has 0 aromatic carbocycles. The molecule has 172 valence electrons. The van der Waals surface area contributed by atoms with Crippen LogP contribution in [0.2, 0.25) is 0 Å². The fraction of sp³-hybridized carbons (Fsp3) is 0.933. The molecule has 1 aliphatic heterocycles. The second-order valence-electron chi connectivity index (χ2n) is 7.19. The van der Waals surface area contributed by atoms with E-state index < -0.39 is 59.5 Å². The Hall–Kier alpha value is -1.31. The van der Waals surface area contributed by atoms with E-state index in [1.165, 1.54) is 6.92 Å². The third-order valence-corrected chi connectivity index (χ3v) is 4.97. The van der Waals surface area contributed by atoms with Crippen molar-refractivity contribution in [3.05, 3.63) is 0 Å². The second kappa shape index (κ2) is 6.86. The SMILES string of the molecule is CCC(C)(C)C(=O)OC1(CC)C(F)(F)C(C(F)(F)F)OC(O)(C(F)(F)F)C1(F)F. The molecule has 1 aliphatic rings. The molecule has 4 nitrogen and oxygen atoms in total. The molecule has 29 heavy (non-hydrogen) atoms. The highest BCUT2D eigenvalue weighted by Gasteiger charge is 2.92. The van der Waals surface area contributed by atoms with E-state index in [1.54, 1.807) is 0 Å². The van der Waals surface area contributed by atoms with Gasteiger partial charge < -0.3 is 14.6 Å². The van der Waals surface area contributed by atoms with Gasteiger partial charge in [0, 0.05) is 0 Å². The summed E-state index contributed by atoms with van der Waals surface area (Å²) in [6, 6.07) is 0. The summed E-state index contributed by atoms with van der Waals surface area (Å²) in [4.78, 5) is 12.1. The number of hydrogen-bond acceptors (Lipinski definition) is 4. The van der Waals surface area contributed by atoms with Crippen LogP contribution >= 0.6 is 0 Å². The Kier molecular flexibility index (Phi) is 6.08. The van der Waals surface area contributed by atoms with Gasteiger partial charge in [-0.25, -0.2) is 0 Å². The van der Waals surface area contributed by atoms with E-state index >= 15 is 0 Å². The Morgan fingerprint density at radius 3 is 1.79 bits per heavy atom. The average Bonchev–Trinajstić information content (AvgIpc) is 2.52. The summed E-state index contributed by atoms with van der Waals surface area (Å²) in [5, 5.41) is 9.42. The lowest BCUT2D eigenvalue weighted by Crippen LogP contribution is -2.84. The normalized spacial score (nSPS) is 32.7. The fourth-order valence-electron chi connectivity index (χ4n) is 2.63. The molecule has 0 aromatic rings. The standard InChI is InChI=1S/C15H18F10O4/c1-5-9(3,4)8(26)29-10(6-2)11(16,17)7(12(18,19)20)28-14(27,13(10,21)22)15(23,24)25/h7,27H,5-6H2,1-4H3. The molecule has 14 heteroatoms. The summed E-state index contributed by atoms with van der Waals surface area (Å²) in [7, 11) is 0. The van der Waals surface area contributed by atoms with Crippen LogP contribution in [0.25, 0.3) is 0 Å². The van der Waals surface area contributed by atoms with Crippen molar-refractivity contribution in [2.24, 2.45) is 5.41 Å². The molecule has 3 unspecified atom stereocenters. The van der Waals surface area contributed by atoms with E-state index in [-0.39, 0.29) is 6.42 Å². The molecular formula is C15H18F10O4. The molecule has 1 saturated heterocycles. The van der Waals surface area contributed by atoms with Gasteiger partial charge in [-0.15, -0.1) is 0 Å². The number of rotatable bonds is 4. The molecule has 1 N–H and O–H groups in total. The van der Waals surface area contributed by atoms with Crippen molar-refractivity contribution in [2.75, 3.05) is 0 Å². The maximum atomic E-state index is 14.8. The van der Waals surface area contributed by atoms with Crippen LogP contribution in [-0.4, -0.2) is 52.8 Å². The number of aliphatic hydroxyl groups is 1. The van der Waals surface area contributed by atoms with Crippen LogP contribution in [0, 0.1) is 5.41 Å². The van der Waals surface area contributed by atoms with Crippen LogP contribution in [-0.2, 0) is 14.3 Å². The van der Waals surface area contributed by atoms with Crippen molar-refractivity contribution >= 4 is 5.97 Å². The van der Waals surface area contributed by atoms with Gasteiger partial charge in [0.1, 0.15) is 0 Å². The van der Waals surface area contributed by atoms with Gasteiger partial charge in [-0.1, -0.05) is 13.8 Å². The summed E-state index contributed by atoms with van der Waals surface area (Å²) >= 11 is 0. The van der Waals surface area contributed by atoms with Gasteiger partial charge in [0.2, 0.25) is 11.7 Å². The summed E-state index contributed by atoms with van der Waals surface area (Å²) < 4.78 is 144. The minimum absolute atomic E-state index is 0.245. The monoisotopic (exact) mass is 452 g/mol. The molecule has 3 atom stereocenters. The fourth-order valence-corrected chi connectivity index (χ4v) is 2.63. The van der Waals surface area contributed by atoms with Crippen LogP contribution in [0.1, 0.15) is 40.5 Å². The first-order valence-corrected chi connectivity index (χ1v) is 8.11. The van der Waals surface area contributed by atoms with Crippen molar-refractivity contribution in [3.8, 4) is 0 Å². The van der Waals surface area contributed by atoms with Gasteiger partial charge in [0.25, 0.3) is 0 Å². The Bertz CT molecular complexity index is 642. The summed E-state index contributed by atoms with van der Waals surface area (Å²) in [5.74, 6) is -20.1. The number of carbonyl (C=O) groups is 1. The minimum atomic E-state index is -6.66. The van der Waals surface area contributed by atoms with Gasteiger partial charge in [0.05, 0.1) is 5.41 Å². The highest BCUT2D eigenvalue weighted by Crippen LogP contribution is 2.63. The van der Waals surface area contributed by atoms with Crippen LogP contribution in [0.15, 0.2) is 0 Å². The zero-order valence-corrected chi connectivity index (χ0v) is 15.4. The lowest BCUT2D eigenvalue weighted by Gasteiger charge is -2.56. The van der Waals surface area contributed by atoms with Gasteiger partial charge in [-0.05, 0) is 26.7 Å². The highest BCUT2D eigenvalue weighted by molar-refractivity contribution is 5.76. The van der Waals surface area contributed by atoms with Crippen LogP contribution in [0.5, 0.6) is 0 Å². The number of ether oxygens (including phenoxy) is 2. The number of hydrogen-bond donors (Lipinski definition) is 1. The Labute approximate surface area is 158 Å². The molecule has 0 spiro atoms. The van der Waals surface area contributed by atoms with Gasteiger partial charge >= 0.3 is 36.0 Å². The van der Waals surface area contributed by atoms with E-state index in [2.05, 4.69) is 9.47 Å². The largest absolute Gasteiger partial charge is 0.449 e. The highest BCUT2D eigenvalue weighted by atomic mass is 19.4. The van der Waals surface area contributed by atoms with Gasteiger partial charge in [-0.3, -0.25) is 4.79 Å². The van der Waals surface area contributed by atoms with E-state index in [4.69, 9.17) is 0 Å². The average molecular weight is 452 g/mol. The Balaban J connectivity index is 3.90. The first-order chi connectivity index (χ1) is 12.6. The minimum Gasteiger partial charge on any atom is -0.445 e. The number of alkyl halides is 10. The van der Waals surface area contributed by atoms with E-state index in [0.717, 1.165) is 13.8 Å². The van der Waals surface area contributed by atoms with Crippen molar-refractivity contribution in [1.29, 1.82) is 0 Å². The molecule has 0 aliphatic carbocycles. The smallest absolute Gasteiger partial charge is 0.445 e. The van der Waals surface area contributed by atoms with Crippen molar-refractivity contribution in [1.82, 2.24) is 0 Å². The molecule has 0 radical (unpaired) electrons. The topological polar surface area (TPSA) is 55.8 Å². The lowest BCUT2D eigenvalue weighted by atomic mass is 9.75. The zero-order valence-electron chi connectivity index (χ0n) is 15.4. The summed E-state index contributed by atoms with van der Waals surface area (Å²) in [6.07, 6.45) is -20.0. The molecule has 0 aromatic heterocycles. The molecule has 0 bridgehead atoms. The first-order valence-electron chi connectivity index (χ1n) is 8.11. The van der Waals surface area contributed by atoms with Crippen LogP contribution in [0.3, 0.4) is 0 Å². The predicted octanol–water partition coefficient (Wildman–Crippen LogP) is 4.60. The van der Waals surface area contributed by atoms with Crippen LogP contribution in [0.4, 0.5) is 43.9 Å². The first kappa shape index (κ1) is 25.7. The molecular weight excluding hydrogens is 434 g/mol. The van der Waals surface area contributed by atoms with Crippen molar-refractivity contribution in [3.63, 3.8) is 0 Å². The third kappa shape index (κ3) is 3.45. The lowest BCUT2D eigenvalue weighted by molar-refractivity contribution is -0.533. The molecule has 1 rings (SSSR count). The van der Waals surface area contributed by atoms with Gasteiger partial charge in [0.15, 0.2) is 0 Å². The van der Waals surface area contributed by atoms with Gasteiger partial charge in [-0.2, -0.15) is 43.9 Å². The maximum Gasteiger partial charge on any atom is 0.449 e. The molecule has 0 amide bonds. The maximum absolute atomic E-state index is 14.8. The Morgan fingerprint density at radius 1 is 1.03 bits per heavy atom. The quantitative estimate of drug-likeness (QED) is 0.501. The van der Waals surface area contributed by atoms with E-state index in [0.29, 0.717) is 6.92 Å². The zero-order chi connectivity index (χ0) is 23.5. The molecule has 1 heterocycles. The van der Waals surface area contributed by atoms with E-state index in [1.807, 2.05) is 0 Å². The van der Waals surface area contributed by atoms with E-state index in [9.17, 15) is 53.8 Å². The molecule has 1 fully saturated rings. The van der Waals surface area contributed by atoms with Crippen LogP contribution < -0.4 is 0 Å². The number of halogens is 10. The van der Waals surface area contributed by atoms with Crippen molar-refractivity contribution in [2.45, 2.75) is 82.2 Å². The Morgan fingerprint density at radius 2 is 1.48 bits per heavy atom.